The van der Waals surface area contributed by atoms with Crippen LogP contribution in [0.3, 0.4) is 0 Å². The number of alkyl carbamates (subject to hydrolysis) is 1. The molecule has 0 aliphatic heterocycles. The van der Waals surface area contributed by atoms with Gasteiger partial charge in [0.1, 0.15) is 6.61 Å². The van der Waals surface area contributed by atoms with E-state index < -0.39 is 23.6 Å². The second-order valence-corrected chi connectivity index (χ2v) is 9.64. The van der Waals surface area contributed by atoms with Crippen LogP contribution in [0.1, 0.15) is 42.7 Å². The van der Waals surface area contributed by atoms with E-state index in [4.69, 9.17) is 9.84 Å². The molecule has 34 heavy (non-hydrogen) atoms. The predicted octanol–water partition coefficient (Wildman–Crippen LogP) is 2.65. The van der Waals surface area contributed by atoms with Gasteiger partial charge in [-0.2, -0.15) is 0 Å². The largest absolute Gasteiger partial charge is 0.479 e. The summed E-state index contributed by atoms with van der Waals surface area (Å²) in [5.74, 6) is -1.77. The number of rotatable bonds is 8. The summed E-state index contributed by atoms with van der Waals surface area (Å²) in [5, 5.41) is 23.7. The van der Waals surface area contributed by atoms with Crippen molar-refractivity contribution >= 4 is 18.0 Å². The molecule has 3 aliphatic rings. The number of amides is 2. The molecular weight excluding hydrogens is 436 g/mol. The zero-order chi connectivity index (χ0) is 23.9. The highest BCUT2D eigenvalue weighted by Gasteiger charge is 2.73. The van der Waals surface area contributed by atoms with Gasteiger partial charge in [0.2, 0.25) is 5.91 Å². The molecule has 8 nitrogen and oxygen atoms in total. The van der Waals surface area contributed by atoms with Gasteiger partial charge in [-0.3, -0.25) is 4.79 Å². The van der Waals surface area contributed by atoms with Gasteiger partial charge in [0.25, 0.3) is 0 Å². The molecule has 3 aliphatic carbocycles. The lowest BCUT2D eigenvalue weighted by atomic mass is 9.74. The van der Waals surface area contributed by atoms with E-state index in [1.807, 2.05) is 24.3 Å². The van der Waals surface area contributed by atoms with Crippen molar-refractivity contribution in [2.75, 3.05) is 19.7 Å². The lowest BCUT2D eigenvalue weighted by Gasteiger charge is -2.32. The SMILES string of the molecule is O=C(NCC1(C(=O)NC[C@H](O)C(=O)O)CC12CCC2)OCC1c2ccccc2-c2ccccc21. The number of carbonyl (C=O) groups is 3. The number of fused-ring (bicyclic) bond motifs is 3. The first-order valence-electron chi connectivity index (χ1n) is 11.6. The summed E-state index contributed by atoms with van der Waals surface area (Å²) in [7, 11) is 0. The standard InChI is InChI=1S/C26H28N2O6/c29-21(22(30)31)12-27-23(32)26(14-25(26)10-5-11-25)15-28-24(33)34-13-20-18-8-3-1-6-16(18)17-7-2-4-9-19(17)20/h1-4,6-9,20-21,29H,5,10-15H2,(H,27,32)(H,28,33)(H,30,31)/t21-,26?/m0/s1. The maximum atomic E-state index is 12.9. The van der Waals surface area contributed by atoms with Crippen molar-refractivity contribution < 1.29 is 29.3 Å². The molecule has 5 rings (SSSR count). The Bertz CT molecular complexity index is 1100. The molecule has 1 spiro atoms. The molecule has 0 saturated heterocycles. The first-order chi connectivity index (χ1) is 16.4. The summed E-state index contributed by atoms with van der Waals surface area (Å²) >= 11 is 0. The molecular formula is C26H28N2O6. The molecule has 2 aromatic carbocycles. The van der Waals surface area contributed by atoms with Gasteiger partial charge >= 0.3 is 12.1 Å². The summed E-state index contributed by atoms with van der Waals surface area (Å²) < 4.78 is 5.59. The molecule has 2 amide bonds. The Balaban J connectivity index is 1.20. The highest BCUT2D eigenvalue weighted by Crippen LogP contribution is 2.73. The molecule has 0 radical (unpaired) electrons. The summed E-state index contributed by atoms with van der Waals surface area (Å²) in [6.07, 6.45) is 1.21. The number of benzene rings is 2. The minimum Gasteiger partial charge on any atom is -0.479 e. The average Bonchev–Trinajstić information content (AvgIpc) is 3.44. The molecule has 2 saturated carbocycles. The second kappa shape index (κ2) is 8.43. The third kappa shape index (κ3) is 3.62. The summed E-state index contributed by atoms with van der Waals surface area (Å²) in [5.41, 5.74) is 3.61. The van der Waals surface area contributed by atoms with Crippen LogP contribution in [0.25, 0.3) is 11.1 Å². The van der Waals surface area contributed by atoms with E-state index in [0.717, 1.165) is 41.5 Å². The van der Waals surface area contributed by atoms with E-state index >= 15 is 0 Å². The van der Waals surface area contributed by atoms with E-state index in [2.05, 4.69) is 34.9 Å². The number of aliphatic hydroxyl groups excluding tert-OH is 1. The maximum absolute atomic E-state index is 12.9. The van der Waals surface area contributed by atoms with Crippen molar-refractivity contribution in [3.8, 4) is 11.1 Å². The van der Waals surface area contributed by atoms with Crippen LogP contribution in [0.5, 0.6) is 0 Å². The first-order valence-corrected chi connectivity index (χ1v) is 11.6. The molecule has 2 fully saturated rings. The lowest BCUT2D eigenvalue weighted by molar-refractivity contribution is -0.146. The van der Waals surface area contributed by atoms with Crippen LogP contribution in [0.15, 0.2) is 48.5 Å². The second-order valence-electron chi connectivity index (χ2n) is 9.64. The number of hydrogen-bond donors (Lipinski definition) is 4. The fourth-order valence-corrected chi connectivity index (χ4v) is 5.76. The van der Waals surface area contributed by atoms with Crippen LogP contribution in [0, 0.1) is 10.8 Å². The molecule has 4 N–H and O–H groups in total. The minimum atomic E-state index is -1.66. The maximum Gasteiger partial charge on any atom is 0.407 e. The Morgan fingerprint density at radius 3 is 2.15 bits per heavy atom. The van der Waals surface area contributed by atoms with Gasteiger partial charge in [0, 0.05) is 12.5 Å². The van der Waals surface area contributed by atoms with Crippen molar-refractivity contribution in [3.63, 3.8) is 0 Å². The highest BCUT2D eigenvalue weighted by atomic mass is 16.5. The van der Waals surface area contributed by atoms with Gasteiger partial charge in [-0.15, -0.1) is 0 Å². The molecule has 0 bridgehead atoms. The number of aliphatic carboxylic acids is 1. The number of carboxylic acid groups (broad SMARTS) is 1. The molecule has 1 unspecified atom stereocenters. The van der Waals surface area contributed by atoms with Crippen LogP contribution in [0.4, 0.5) is 4.79 Å². The number of carbonyl (C=O) groups excluding carboxylic acids is 2. The van der Waals surface area contributed by atoms with Gasteiger partial charge in [0.05, 0.1) is 12.0 Å². The van der Waals surface area contributed by atoms with Crippen LogP contribution in [-0.2, 0) is 14.3 Å². The Morgan fingerprint density at radius 1 is 1.00 bits per heavy atom. The van der Waals surface area contributed by atoms with Crippen LogP contribution in [0.2, 0.25) is 0 Å². The monoisotopic (exact) mass is 464 g/mol. The van der Waals surface area contributed by atoms with Crippen molar-refractivity contribution in [1.82, 2.24) is 10.6 Å². The molecule has 0 heterocycles. The molecule has 8 heteroatoms. The van der Waals surface area contributed by atoms with E-state index in [-0.39, 0.29) is 36.9 Å². The normalized spacial score (nSPS) is 22.1. The average molecular weight is 465 g/mol. The Morgan fingerprint density at radius 2 is 1.62 bits per heavy atom. The summed E-state index contributed by atoms with van der Waals surface area (Å²) in [4.78, 5) is 36.4. The number of ether oxygens (including phenoxy) is 1. The number of aliphatic hydroxyl groups is 1. The molecule has 0 aromatic heterocycles. The molecule has 2 aromatic rings. The van der Waals surface area contributed by atoms with Crippen LogP contribution < -0.4 is 10.6 Å². The smallest absolute Gasteiger partial charge is 0.407 e. The van der Waals surface area contributed by atoms with Crippen molar-refractivity contribution in [2.45, 2.75) is 37.7 Å². The quantitative estimate of drug-likeness (QED) is 0.476. The van der Waals surface area contributed by atoms with E-state index in [0.29, 0.717) is 6.42 Å². The van der Waals surface area contributed by atoms with Crippen LogP contribution >= 0.6 is 0 Å². The number of nitrogens with one attached hydrogen (secondary N) is 2. The zero-order valence-corrected chi connectivity index (χ0v) is 18.8. The molecule has 178 valence electrons. The Kier molecular flexibility index (Phi) is 5.56. The van der Waals surface area contributed by atoms with Crippen molar-refractivity contribution in [2.24, 2.45) is 10.8 Å². The predicted molar refractivity (Wildman–Crippen MR) is 123 cm³/mol. The zero-order valence-electron chi connectivity index (χ0n) is 18.8. The van der Waals surface area contributed by atoms with Gasteiger partial charge in [-0.05, 0) is 46.9 Å². The van der Waals surface area contributed by atoms with Gasteiger partial charge in [-0.1, -0.05) is 55.0 Å². The van der Waals surface area contributed by atoms with Crippen molar-refractivity contribution in [3.05, 3.63) is 59.7 Å². The van der Waals surface area contributed by atoms with E-state index in [1.54, 1.807) is 0 Å². The third-order valence-electron chi connectivity index (χ3n) is 7.89. The Hall–Kier alpha value is -3.39. The van der Waals surface area contributed by atoms with E-state index in [9.17, 15) is 19.5 Å². The van der Waals surface area contributed by atoms with E-state index in [1.165, 1.54) is 0 Å². The first kappa shape index (κ1) is 22.4. The fourth-order valence-electron chi connectivity index (χ4n) is 5.76. The van der Waals surface area contributed by atoms with Gasteiger partial charge < -0.3 is 25.6 Å². The summed E-state index contributed by atoms with van der Waals surface area (Å²) in [6, 6.07) is 16.2. The Labute approximate surface area is 197 Å². The minimum absolute atomic E-state index is 0.0492. The van der Waals surface area contributed by atoms with Gasteiger partial charge in [0.15, 0.2) is 6.10 Å². The van der Waals surface area contributed by atoms with Gasteiger partial charge in [-0.25, -0.2) is 9.59 Å². The molecule has 2 atom stereocenters. The topological polar surface area (TPSA) is 125 Å². The lowest BCUT2D eigenvalue weighted by Crippen LogP contribution is -2.47. The third-order valence-corrected chi connectivity index (χ3v) is 7.89. The highest BCUT2D eigenvalue weighted by molar-refractivity contribution is 5.89. The number of hydrogen-bond acceptors (Lipinski definition) is 5. The number of carboxylic acids is 1. The fraction of sp³-hybridized carbons (Fsp3) is 0.423. The van der Waals surface area contributed by atoms with Crippen molar-refractivity contribution in [1.29, 1.82) is 0 Å². The summed E-state index contributed by atoms with van der Waals surface area (Å²) in [6.45, 7) is -0.0510. The van der Waals surface area contributed by atoms with Crippen LogP contribution in [-0.4, -0.2) is 54.0 Å².